The molecule has 0 aromatic heterocycles. The number of amides is 3. The summed E-state index contributed by atoms with van der Waals surface area (Å²) in [6.07, 6.45) is -0.466. The molecule has 2 unspecified atom stereocenters. The van der Waals surface area contributed by atoms with Crippen LogP contribution in [-0.2, 0) is 20.8 Å². The molecule has 1 heterocycles. The lowest BCUT2D eigenvalue weighted by molar-refractivity contribution is -0.144. The molecule has 0 bridgehead atoms. The number of likely N-dealkylation sites (tertiary alicyclic amines) is 1. The van der Waals surface area contributed by atoms with Crippen LogP contribution in [0.3, 0.4) is 0 Å². The van der Waals surface area contributed by atoms with E-state index in [1.54, 1.807) is 17.9 Å². The molecule has 0 spiro atoms. The number of Topliss-reactive ketones (excluding diaryl/α,β-unsaturated/α-hetero) is 1. The Hall–Kier alpha value is -4.66. The van der Waals surface area contributed by atoms with Crippen LogP contribution < -0.4 is 10.1 Å². The van der Waals surface area contributed by atoms with Crippen molar-refractivity contribution in [2.45, 2.75) is 78.0 Å². The van der Waals surface area contributed by atoms with Crippen LogP contribution in [0.2, 0.25) is 0 Å². The predicted octanol–water partition coefficient (Wildman–Crippen LogP) is 6.59. The smallest absolute Gasteiger partial charge is 0.409 e. The van der Waals surface area contributed by atoms with E-state index in [0.717, 1.165) is 10.5 Å². The minimum Gasteiger partial charge on any atom is -0.465 e. The summed E-state index contributed by atoms with van der Waals surface area (Å²) in [4.78, 5) is 56.3. The number of nitrogens with zero attached hydrogens (tertiary/aromatic N) is 2. The zero-order valence-corrected chi connectivity index (χ0v) is 26.4. The van der Waals surface area contributed by atoms with Crippen LogP contribution in [0.4, 0.5) is 4.79 Å². The van der Waals surface area contributed by atoms with Gasteiger partial charge in [0.25, 0.3) is 5.91 Å². The molecule has 0 saturated carbocycles. The molecular weight excluding hydrogens is 570 g/mol. The fourth-order valence-electron chi connectivity index (χ4n) is 5.86. The third-order valence-corrected chi connectivity index (χ3v) is 8.13. The highest BCUT2D eigenvalue weighted by Crippen LogP contribution is 2.37. The van der Waals surface area contributed by atoms with E-state index in [9.17, 15) is 24.3 Å². The van der Waals surface area contributed by atoms with Gasteiger partial charge in [-0.2, -0.15) is 0 Å². The Morgan fingerprint density at radius 1 is 0.978 bits per heavy atom. The summed E-state index contributed by atoms with van der Waals surface area (Å²) >= 11 is 0. The van der Waals surface area contributed by atoms with Crippen molar-refractivity contribution in [2.75, 3.05) is 6.54 Å². The fraction of sp³-hybridized carbons (Fsp3) is 0.389. The van der Waals surface area contributed by atoms with Crippen LogP contribution in [0, 0.1) is 5.41 Å². The maximum Gasteiger partial charge on any atom is 0.409 e. The summed E-state index contributed by atoms with van der Waals surface area (Å²) in [6, 6.07) is 24.1. The Balaban J connectivity index is 1.56. The molecule has 3 amide bonds. The van der Waals surface area contributed by atoms with Gasteiger partial charge in [-0.15, -0.1) is 0 Å². The summed E-state index contributed by atoms with van der Waals surface area (Å²) in [6.45, 7) is 7.97. The summed E-state index contributed by atoms with van der Waals surface area (Å²) in [5.74, 6) is -0.680. The molecule has 1 aliphatic heterocycles. The third-order valence-electron chi connectivity index (χ3n) is 8.13. The van der Waals surface area contributed by atoms with Crippen molar-refractivity contribution in [3.8, 4) is 11.5 Å². The minimum absolute atomic E-state index is 0.0225. The second-order valence-electron chi connectivity index (χ2n) is 12.4. The lowest BCUT2D eigenvalue weighted by Gasteiger charge is -2.38. The molecule has 1 aliphatic rings. The molecule has 4 rings (SSSR count). The van der Waals surface area contributed by atoms with Crippen molar-refractivity contribution in [2.24, 2.45) is 5.41 Å². The molecule has 9 nitrogen and oxygen atoms in total. The number of para-hydroxylation sites is 1. The number of carboxylic acid groups (broad SMARTS) is 1. The second kappa shape index (κ2) is 14.9. The van der Waals surface area contributed by atoms with Gasteiger partial charge in [-0.3, -0.25) is 19.3 Å². The van der Waals surface area contributed by atoms with Crippen molar-refractivity contribution in [3.05, 3.63) is 96.1 Å². The lowest BCUT2D eigenvalue weighted by Crippen LogP contribution is -2.58. The van der Waals surface area contributed by atoms with Crippen molar-refractivity contribution < 1.29 is 29.0 Å². The number of carbonyl (C=O) groups is 4. The van der Waals surface area contributed by atoms with Gasteiger partial charge in [-0.1, -0.05) is 94.3 Å². The Kier molecular flexibility index (Phi) is 11.0. The number of carbonyl (C=O) groups excluding carboxylic acids is 3. The van der Waals surface area contributed by atoms with E-state index in [4.69, 9.17) is 4.74 Å². The standard InChI is InChI=1S/C36H43N3O6/c1-5-6-20-30(33(41)34(42)37-25(2)27-15-9-7-10-16-27)39(35(43)44)31-23-36(3,4)24-38(31)32(40)22-26-14-13-19-29(21-26)45-28-17-11-8-12-18-28/h7-19,21,25,30-31H,5-6,20,22-24H2,1-4H3,(H,37,42)(H,43,44)/t25-,30?,31?/m1/s1. The quantitative estimate of drug-likeness (QED) is 0.210. The SMILES string of the molecule is CCCCC(C(=O)C(=O)N[C@H](C)c1ccccc1)N(C(=O)O)C1CC(C)(C)CN1C(=O)Cc1cccc(Oc2ccccc2)c1. The topological polar surface area (TPSA) is 116 Å². The molecule has 45 heavy (non-hydrogen) atoms. The van der Waals surface area contributed by atoms with Gasteiger partial charge in [0, 0.05) is 6.54 Å². The normalized spacial score (nSPS) is 16.8. The van der Waals surface area contributed by atoms with E-state index in [-0.39, 0.29) is 18.7 Å². The van der Waals surface area contributed by atoms with Crippen LogP contribution >= 0.6 is 0 Å². The maximum absolute atomic E-state index is 13.9. The van der Waals surface area contributed by atoms with Crippen LogP contribution in [0.15, 0.2) is 84.9 Å². The number of hydrogen-bond acceptors (Lipinski definition) is 5. The number of nitrogens with one attached hydrogen (secondary N) is 1. The molecule has 0 radical (unpaired) electrons. The molecule has 3 atom stereocenters. The minimum atomic E-state index is -1.34. The molecule has 3 aromatic rings. The number of ketones is 1. The van der Waals surface area contributed by atoms with Gasteiger partial charge < -0.3 is 20.1 Å². The van der Waals surface area contributed by atoms with Crippen molar-refractivity contribution in [3.63, 3.8) is 0 Å². The number of rotatable bonds is 13. The van der Waals surface area contributed by atoms with Gasteiger partial charge in [0.15, 0.2) is 0 Å². The van der Waals surface area contributed by atoms with Gasteiger partial charge >= 0.3 is 6.09 Å². The highest BCUT2D eigenvalue weighted by Gasteiger charge is 2.48. The van der Waals surface area contributed by atoms with Crippen LogP contribution in [0.1, 0.15) is 70.5 Å². The largest absolute Gasteiger partial charge is 0.465 e. The van der Waals surface area contributed by atoms with Gasteiger partial charge in [-0.05, 0) is 60.6 Å². The average Bonchev–Trinajstić information content (AvgIpc) is 3.34. The molecule has 2 N–H and O–H groups in total. The Labute approximate surface area is 265 Å². The van der Waals surface area contributed by atoms with Gasteiger partial charge in [0.05, 0.1) is 12.5 Å². The van der Waals surface area contributed by atoms with E-state index in [0.29, 0.717) is 42.9 Å². The van der Waals surface area contributed by atoms with Crippen LogP contribution in [-0.4, -0.2) is 57.3 Å². The first-order valence-electron chi connectivity index (χ1n) is 15.5. The first-order chi connectivity index (χ1) is 21.5. The van der Waals surface area contributed by atoms with Gasteiger partial charge in [0.2, 0.25) is 11.7 Å². The molecule has 0 aliphatic carbocycles. The highest BCUT2D eigenvalue weighted by molar-refractivity contribution is 6.38. The molecule has 3 aromatic carbocycles. The Morgan fingerprint density at radius 3 is 2.27 bits per heavy atom. The average molecular weight is 614 g/mol. The molecule has 1 saturated heterocycles. The third kappa shape index (κ3) is 8.71. The van der Waals surface area contributed by atoms with E-state index in [1.165, 1.54) is 0 Å². The summed E-state index contributed by atoms with van der Waals surface area (Å²) in [5, 5.41) is 13.3. The monoisotopic (exact) mass is 613 g/mol. The Morgan fingerprint density at radius 2 is 1.62 bits per heavy atom. The van der Waals surface area contributed by atoms with Gasteiger partial charge in [0.1, 0.15) is 23.7 Å². The number of hydrogen-bond donors (Lipinski definition) is 2. The van der Waals surface area contributed by atoms with Gasteiger partial charge in [-0.25, -0.2) is 4.79 Å². The Bertz CT molecular complexity index is 1480. The molecular formula is C36H43N3O6. The molecule has 9 heteroatoms. The lowest BCUT2D eigenvalue weighted by atomic mass is 9.91. The number of unbranched alkanes of at least 4 members (excludes halogenated alkanes) is 1. The second-order valence-corrected chi connectivity index (χ2v) is 12.4. The summed E-state index contributed by atoms with van der Waals surface area (Å²) < 4.78 is 5.94. The first kappa shape index (κ1) is 33.2. The molecule has 238 valence electrons. The van der Waals surface area contributed by atoms with E-state index < -0.39 is 41.4 Å². The zero-order valence-electron chi connectivity index (χ0n) is 26.4. The molecule has 1 fully saturated rings. The number of benzene rings is 3. The predicted molar refractivity (Wildman–Crippen MR) is 172 cm³/mol. The highest BCUT2D eigenvalue weighted by atomic mass is 16.5. The summed E-state index contributed by atoms with van der Waals surface area (Å²) in [5.41, 5.74) is 1.13. The van der Waals surface area contributed by atoms with Crippen molar-refractivity contribution in [1.82, 2.24) is 15.1 Å². The zero-order chi connectivity index (χ0) is 32.6. The summed E-state index contributed by atoms with van der Waals surface area (Å²) in [7, 11) is 0. The van der Waals surface area contributed by atoms with Crippen molar-refractivity contribution >= 4 is 23.7 Å². The maximum atomic E-state index is 13.9. The van der Waals surface area contributed by atoms with E-state index >= 15 is 0 Å². The first-order valence-corrected chi connectivity index (χ1v) is 15.5. The number of ether oxygens (including phenoxy) is 1. The van der Waals surface area contributed by atoms with E-state index in [1.807, 2.05) is 99.6 Å². The van der Waals surface area contributed by atoms with Crippen LogP contribution in [0.25, 0.3) is 0 Å². The van der Waals surface area contributed by atoms with Crippen molar-refractivity contribution in [1.29, 1.82) is 0 Å². The fourth-order valence-corrected chi connectivity index (χ4v) is 5.86. The van der Waals surface area contributed by atoms with Crippen LogP contribution in [0.5, 0.6) is 11.5 Å². The van der Waals surface area contributed by atoms with E-state index in [2.05, 4.69) is 5.32 Å².